The van der Waals surface area contributed by atoms with Gasteiger partial charge in [0.25, 0.3) is 0 Å². The third kappa shape index (κ3) is 1.23. The van der Waals surface area contributed by atoms with E-state index in [9.17, 15) is 0 Å². The van der Waals surface area contributed by atoms with Crippen LogP contribution in [0, 0.1) is 5.88 Å². The monoisotopic (exact) mass is 176 g/mol. The highest BCUT2D eigenvalue weighted by Crippen LogP contribution is 2.40. The van der Waals surface area contributed by atoms with Gasteiger partial charge in [-0.25, -0.2) is 0 Å². The molecule has 2 rings (SSSR count). The molecule has 0 spiro atoms. The second kappa shape index (κ2) is 3.23. The molecule has 1 aromatic carbocycles. The van der Waals surface area contributed by atoms with Crippen molar-refractivity contribution in [3.8, 4) is 0 Å². The van der Waals surface area contributed by atoms with Crippen molar-refractivity contribution in [2.45, 2.75) is 4.90 Å². The molecule has 1 aliphatic heterocycles. The largest absolute Gasteiger partial charge is 0.352 e. The minimum absolute atomic E-state index is 0.893. The first kappa shape index (κ1) is 7.74. The highest BCUT2D eigenvalue weighted by Gasteiger charge is 2.17. The highest BCUT2D eigenvalue weighted by atomic mass is 32.2. The number of fused-ring (bicyclic) bond motifs is 1. The summed E-state index contributed by atoms with van der Waals surface area (Å²) in [6.45, 7) is 4.62. The van der Waals surface area contributed by atoms with Crippen molar-refractivity contribution in [3.63, 3.8) is 0 Å². The average molecular weight is 176 g/mol. The van der Waals surface area contributed by atoms with Crippen LogP contribution in [0.2, 0.25) is 0 Å². The Morgan fingerprint density at radius 3 is 3.08 bits per heavy atom. The van der Waals surface area contributed by atoms with Crippen molar-refractivity contribution in [1.29, 1.82) is 0 Å². The molecule has 1 aromatic rings. The Balaban J connectivity index is 2.29. The van der Waals surface area contributed by atoms with E-state index in [1.807, 2.05) is 6.08 Å². The van der Waals surface area contributed by atoms with Gasteiger partial charge in [-0.3, -0.25) is 0 Å². The first-order valence-electron chi connectivity index (χ1n) is 3.88. The number of para-hydroxylation sites is 1. The van der Waals surface area contributed by atoms with E-state index in [1.54, 1.807) is 11.8 Å². The van der Waals surface area contributed by atoms with Crippen LogP contribution in [-0.4, -0.2) is 6.54 Å². The van der Waals surface area contributed by atoms with Crippen LogP contribution < -0.4 is 4.90 Å². The normalized spacial score (nSPS) is 14.5. The molecule has 1 radical (unpaired) electrons. The van der Waals surface area contributed by atoms with Crippen LogP contribution in [-0.2, 0) is 0 Å². The van der Waals surface area contributed by atoms with Gasteiger partial charge >= 0.3 is 0 Å². The smallest absolute Gasteiger partial charge is 0.110 e. The molecule has 2 heteroatoms. The summed E-state index contributed by atoms with van der Waals surface area (Å²) < 4.78 is 0. The van der Waals surface area contributed by atoms with Gasteiger partial charge in [-0.15, -0.1) is 6.58 Å². The molecule has 0 fully saturated rings. The van der Waals surface area contributed by atoms with Gasteiger partial charge in [0.15, 0.2) is 0 Å². The minimum Gasteiger partial charge on any atom is -0.352 e. The fourth-order valence-electron chi connectivity index (χ4n) is 1.25. The molecular weight excluding hydrogens is 166 g/mol. The van der Waals surface area contributed by atoms with Crippen molar-refractivity contribution in [2.75, 3.05) is 11.4 Å². The zero-order valence-electron chi connectivity index (χ0n) is 6.73. The number of benzene rings is 1. The lowest BCUT2D eigenvalue weighted by Gasteiger charge is -2.14. The van der Waals surface area contributed by atoms with Crippen LogP contribution in [0.1, 0.15) is 0 Å². The lowest BCUT2D eigenvalue weighted by molar-refractivity contribution is 1.07. The lowest BCUT2D eigenvalue weighted by Crippen LogP contribution is -2.14. The molecule has 1 aliphatic rings. The molecule has 0 aliphatic carbocycles. The van der Waals surface area contributed by atoms with Gasteiger partial charge in [0.2, 0.25) is 0 Å². The number of nitrogens with zero attached hydrogens (tertiary/aromatic N) is 1. The Kier molecular flexibility index (Phi) is 2.09. The number of thioether (sulfide) groups is 1. The lowest BCUT2D eigenvalue weighted by atomic mass is 10.3. The van der Waals surface area contributed by atoms with Crippen LogP contribution in [0.5, 0.6) is 0 Å². The molecule has 0 amide bonds. The summed E-state index contributed by atoms with van der Waals surface area (Å²) in [5.74, 6) is 2.13. The maximum atomic E-state index is 3.73. The molecule has 1 heterocycles. The van der Waals surface area contributed by atoms with Crippen molar-refractivity contribution in [1.82, 2.24) is 0 Å². The molecule has 0 aromatic heterocycles. The topological polar surface area (TPSA) is 3.24 Å². The molecular formula is C10H10NS. The Hall–Kier alpha value is -0.890. The average Bonchev–Trinajstić information content (AvgIpc) is 2.50. The van der Waals surface area contributed by atoms with Crippen molar-refractivity contribution < 1.29 is 0 Å². The first-order valence-corrected chi connectivity index (χ1v) is 4.76. The molecule has 61 valence electrons. The number of rotatable bonds is 2. The second-order valence-electron chi connectivity index (χ2n) is 2.63. The van der Waals surface area contributed by atoms with Crippen LogP contribution in [0.15, 0.2) is 41.8 Å². The van der Waals surface area contributed by atoms with Gasteiger partial charge in [-0.05, 0) is 12.1 Å². The molecule has 0 saturated carbocycles. The van der Waals surface area contributed by atoms with Gasteiger partial charge < -0.3 is 4.90 Å². The van der Waals surface area contributed by atoms with Gasteiger partial charge in [-0.2, -0.15) is 0 Å². The fourth-order valence-corrected chi connectivity index (χ4v) is 2.16. The van der Waals surface area contributed by atoms with E-state index < -0.39 is 0 Å². The summed E-state index contributed by atoms with van der Waals surface area (Å²) in [4.78, 5) is 3.53. The zero-order chi connectivity index (χ0) is 8.39. The predicted molar refractivity (Wildman–Crippen MR) is 54.1 cm³/mol. The Morgan fingerprint density at radius 1 is 1.42 bits per heavy atom. The van der Waals surface area contributed by atoms with Crippen LogP contribution in [0.25, 0.3) is 0 Å². The maximum absolute atomic E-state index is 3.73. The quantitative estimate of drug-likeness (QED) is 0.637. The summed E-state index contributed by atoms with van der Waals surface area (Å²) in [5, 5.41) is 0. The van der Waals surface area contributed by atoms with E-state index in [0.717, 1.165) is 6.54 Å². The third-order valence-corrected chi connectivity index (χ3v) is 2.77. The van der Waals surface area contributed by atoms with Crippen molar-refractivity contribution >= 4 is 17.4 Å². The molecule has 0 atom stereocenters. The van der Waals surface area contributed by atoms with E-state index >= 15 is 0 Å². The van der Waals surface area contributed by atoms with Gasteiger partial charge in [0, 0.05) is 11.4 Å². The summed E-state index contributed by atoms with van der Waals surface area (Å²) in [5.41, 5.74) is 1.29. The molecule has 0 unspecified atom stereocenters. The maximum Gasteiger partial charge on any atom is 0.110 e. The summed E-state index contributed by atoms with van der Waals surface area (Å²) in [6, 6.07) is 8.40. The van der Waals surface area contributed by atoms with Crippen LogP contribution >= 0.6 is 11.8 Å². The molecule has 0 N–H and O–H groups in total. The van der Waals surface area contributed by atoms with Gasteiger partial charge in [0.1, 0.15) is 5.88 Å². The molecule has 0 bridgehead atoms. The van der Waals surface area contributed by atoms with E-state index in [2.05, 4.69) is 41.6 Å². The summed E-state index contributed by atoms with van der Waals surface area (Å²) >= 11 is 1.77. The van der Waals surface area contributed by atoms with E-state index in [4.69, 9.17) is 0 Å². The van der Waals surface area contributed by atoms with E-state index in [1.165, 1.54) is 10.6 Å². The second-order valence-corrected chi connectivity index (χ2v) is 3.52. The molecule has 0 saturated heterocycles. The van der Waals surface area contributed by atoms with Gasteiger partial charge in [-0.1, -0.05) is 30.0 Å². The standard InChI is InChI=1S/C10H10NS/c1-2-7-11-8-12-10-6-4-3-5-9(10)11/h2-6,8H,1,7H2. The van der Waals surface area contributed by atoms with Crippen molar-refractivity contribution in [3.05, 3.63) is 42.8 Å². The minimum atomic E-state index is 0.893. The zero-order valence-corrected chi connectivity index (χ0v) is 7.55. The number of anilines is 1. The number of hydrogen-bond donors (Lipinski definition) is 0. The molecule has 12 heavy (non-hydrogen) atoms. The SMILES string of the molecule is C=CCN1[CH]Sc2ccccc21. The van der Waals surface area contributed by atoms with E-state index in [0.29, 0.717) is 0 Å². The summed E-state index contributed by atoms with van der Waals surface area (Å²) in [7, 11) is 0. The first-order chi connectivity index (χ1) is 5.92. The fraction of sp³-hybridized carbons (Fsp3) is 0.100. The predicted octanol–water partition coefficient (Wildman–Crippen LogP) is 2.90. The van der Waals surface area contributed by atoms with Gasteiger partial charge in [0.05, 0.1) is 5.69 Å². The number of hydrogen-bond acceptors (Lipinski definition) is 2. The van der Waals surface area contributed by atoms with Crippen LogP contribution in [0.4, 0.5) is 5.69 Å². The Bertz CT molecular complexity index is 296. The van der Waals surface area contributed by atoms with E-state index in [-0.39, 0.29) is 0 Å². The van der Waals surface area contributed by atoms with Crippen LogP contribution in [0.3, 0.4) is 0 Å². The van der Waals surface area contributed by atoms with Crippen molar-refractivity contribution in [2.24, 2.45) is 0 Å². The summed E-state index contributed by atoms with van der Waals surface area (Å²) in [6.07, 6.45) is 1.92. The Labute approximate surface area is 77.1 Å². The Morgan fingerprint density at radius 2 is 2.25 bits per heavy atom. The molecule has 1 nitrogen and oxygen atoms in total. The highest BCUT2D eigenvalue weighted by molar-refractivity contribution is 8.01. The third-order valence-electron chi connectivity index (χ3n) is 1.81.